The molecule has 6 nitrogen and oxygen atoms in total. The Labute approximate surface area is 176 Å². The molecule has 0 saturated heterocycles. The molecule has 30 heavy (non-hydrogen) atoms. The molecule has 0 amide bonds. The van der Waals surface area contributed by atoms with E-state index in [1.54, 1.807) is 12.1 Å². The van der Waals surface area contributed by atoms with E-state index in [-0.39, 0.29) is 18.9 Å². The third-order valence-electron chi connectivity index (χ3n) is 4.23. The minimum atomic E-state index is -0.413. The summed E-state index contributed by atoms with van der Waals surface area (Å²) in [5.41, 5.74) is 3.00. The van der Waals surface area contributed by atoms with Gasteiger partial charge in [0.2, 0.25) is 0 Å². The molecule has 2 aromatic carbocycles. The smallest absolute Gasteiger partial charge is 0.269 e. The van der Waals surface area contributed by atoms with Crippen molar-refractivity contribution in [3.05, 3.63) is 106 Å². The summed E-state index contributed by atoms with van der Waals surface area (Å²) in [7, 11) is 0. The van der Waals surface area contributed by atoms with Crippen molar-refractivity contribution in [1.82, 2.24) is 0 Å². The molecule has 0 spiro atoms. The monoisotopic (exact) mass is 406 g/mol. The first kappa shape index (κ1) is 22.8. The van der Waals surface area contributed by atoms with Crippen LogP contribution in [0.15, 0.2) is 85.0 Å². The van der Waals surface area contributed by atoms with Crippen LogP contribution >= 0.6 is 0 Å². The summed E-state index contributed by atoms with van der Waals surface area (Å²) >= 11 is 0. The summed E-state index contributed by atoms with van der Waals surface area (Å²) < 4.78 is 0. The fourth-order valence-corrected chi connectivity index (χ4v) is 2.70. The van der Waals surface area contributed by atoms with Gasteiger partial charge in [0, 0.05) is 30.9 Å². The summed E-state index contributed by atoms with van der Waals surface area (Å²) in [6.07, 6.45) is 15.3. The highest BCUT2D eigenvalue weighted by atomic mass is 16.6. The predicted molar refractivity (Wildman–Crippen MR) is 122 cm³/mol. The van der Waals surface area contributed by atoms with Gasteiger partial charge in [0.25, 0.3) is 5.69 Å². The lowest BCUT2D eigenvalue weighted by Crippen LogP contribution is -2.29. The van der Waals surface area contributed by atoms with Crippen LogP contribution in [0.1, 0.15) is 11.1 Å². The highest BCUT2D eigenvalue weighted by Gasteiger charge is 2.04. The maximum absolute atomic E-state index is 10.6. The Morgan fingerprint density at radius 2 is 1.17 bits per heavy atom. The average molecular weight is 406 g/mol. The molecule has 0 aliphatic carbocycles. The van der Waals surface area contributed by atoms with Crippen LogP contribution in [0.5, 0.6) is 0 Å². The van der Waals surface area contributed by atoms with Crippen LogP contribution in [-0.4, -0.2) is 41.4 Å². The van der Waals surface area contributed by atoms with Crippen LogP contribution < -0.4 is 4.90 Å². The van der Waals surface area contributed by atoms with Gasteiger partial charge in [0.05, 0.1) is 18.1 Å². The Kier molecular flexibility index (Phi) is 9.79. The maximum atomic E-state index is 10.6. The standard InChI is InChI=1S/C24H26N2O4/c27-19-17-25(18-20-28)23-13-9-21(10-14-23)7-5-3-1-2-4-6-8-22-11-15-24(16-12-22)26(29)30/h1-16,27-28H,17-20H2. The van der Waals surface area contributed by atoms with Crippen molar-refractivity contribution in [2.24, 2.45) is 0 Å². The zero-order valence-corrected chi connectivity index (χ0v) is 16.7. The number of nitro groups is 1. The van der Waals surface area contributed by atoms with Crippen molar-refractivity contribution in [3.63, 3.8) is 0 Å². The molecule has 0 unspecified atom stereocenters. The molecule has 2 rings (SSSR count). The van der Waals surface area contributed by atoms with Crippen LogP contribution in [0.3, 0.4) is 0 Å². The average Bonchev–Trinajstić information content (AvgIpc) is 2.76. The minimum Gasteiger partial charge on any atom is -0.395 e. The molecule has 0 saturated carbocycles. The molecular weight excluding hydrogens is 380 g/mol. The molecule has 0 aliphatic rings. The first-order valence-electron chi connectivity index (χ1n) is 9.63. The van der Waals surface area contributed by atoms with Gasteiger partial charge in [-0.25, -0.2) is 0 Å². The van der Waals surface area contributed by atoms with Crippen molar-refractivity contribution in [3.8, 4) is 0 Å². The topological polar surface area (TPSA) is 86.8 Å². The first-order valence-corrected chi connectivity index (χ1v) is 9.63. The quantitative estimate of drug-likeness (QED) is 0.331. The van der Waals surface area contributed by atoms with E-state index in [2.05, 4.69) is 0 Å². The summed E-state index contributed by atoms with van der Waals surface area (Å²) in [4.78, 5) is 12.1. The summed E-state index contributed by atoms with van der Waals surface area (Å²) in [6.45, 7) is 1.07. The van der Waals surface area contributed by atoms with Gasteiger partial charge in [-0.3, -0.25) is 10.1 Å². The van der Waals surface area contributed by atoms with Crippen molar-refractivity contribution in [2.75, 3.05) is 31.2 Å². The van der Waals surface area contributed by atoms with E-state index in [0.717, 1.165) is 16.8 Å². The third kappa shape index (κ3) is 7.87. The Bertz CT molecular complexity index is 892. The second-order valence-corrected chi connectivity index (χ2v) is 6.36. The van der Waals surface area contributed by atoms with Crippen molar-refractivity contribution < 1.29 is 15.1 Å². The Morgan fingerprint density at radius 3 is 1.60 bits per heavy atom. The van der Waals surface area contributed by atoms with E-state index >= 15 is 0 Å². The highest BCUT2D eigenvalue weighted by molar-refractivity contribution is 5.57. The third-order valence-corrected chi connectivity index (χ3v) is 4.23. The minimum absolute atomic E-state index is 0.0447. The van der Waals surface area contributed by atoms with Crippen LogP contribution in [0.4, 0.5) is 11.4 Å². The second kappa shape index (κ2) is 12.9. The number of hydrogen-bond donors (Lipinski definition) is 2. The number of non-ortho nitro benzene ring substituents is 1. The fourth-order valence-electron chi connectivity index (χ4n) is 2.70. The van der Waals surface area contributed by atoms with Gasteiger partial charge in [-0.2, -0.15) is 0 Å². The molecule has 0 aliphatic heterocycles. The first-order chi connectivity index (χ1) is 14.6. The van der Waals surface area contributed by atoms with Crippen molar-refractivity contribution >= 4 is 23.5 Å². The number of aliphatic hydroxyl groups is 2. The molecule has 6 heteroatoms. The van der Waals surface area contributed by atoms with Gasteiger partial charge in [-0.1, -0.05) is 60.7 Å². The van der Waals surface area contributed by atoms with Gasteiger partial charge in [0.1, 0.15) is 0 Å². The molecule has 0 heterocycles. The summed E-state index contributed by atoms with van der Waals surface area (Å²) in [5, 5.41) is 28.8. The Hall–Kier alpha value is -3.48. The molecule has 0 fully saturated rings. The van der Waals surface area contributed by atoms with E-state index in [4.69, 9.17) is 10.2 Å². The van der Waals surface area contributed by atoms with Gasteiger partial charge >= 0.3 is 0 Å². The van der Waals surface area contributed by atoms with Gasteiger partial charge in [0.15, 0.2) is 0 Å². The SMILES string of the molecule is O=[N+]([O-])c1ccc(C=CC=CC=CC=Cc2ccc(N(CCO)CCO)cc2)cc1. The zero-order valence-electron chi connectivity index (χ0n) is 16.7. The fraction of sp³-hybridized carbons (Fsp3) is 0.167. The number of rotatable bonds is 11. The maximum Gasteiger partial charge on any atom is 0.269 e. The van der Waals surface area contributed by atoms with Gasteiger partial charge < -0.3 is 15.1 Å². The lowest BCUT2D eigenvalue weighted by atomic mass is 10.1. The van der Waals surface area contributed by atoms with E-state index in [1.807, 2.05) is 77.8 Å². The molecule has 2 aromatic rings. The van der Waals surface area contributed by atoms with Crippen molar-refractivity contribution in [1.29, 1.82) is 0 Å². The summed E-state index contributed by atoms with van der Waals surface area (Å²) in [5.74, 6) is 0. The number of nitro benzene ring substituents is 1. The molecule has 156 valence electrons. The van der Waals surface area contributed by atoms with Crippen LogP contribution in [0.25, 0.3) is 12.2 Å². The Morgan fingerprint density at radius 1 is 0.733 bits per heavy atom. The van der Waals surface area contributed by atoms with Crippen LogP contribution in [0, 0.1) is 10.1 Å². The normalized spacial score (nSPS) is 11.9. The number of hydrogen-bond acceptors (Lipinski definition) is 5. The predicted octanol–water partition coefficient (Wildman–Crippen LogP) is 4.22. The lowest BCUT2D eigenvalue weighted by molar-refractivity contribution is -0.384. The molecule has 0 bridgehead atoms. The largest absolute Gasteiger partial charge is 0.395 e. The molecule has 0 radical (unpaired) electrons. The number of allylic oxidation sites excluding steroid dienone is 6. The number of anilines is 1. The van der Waals surface area contributed by atoms with Crippen LogP contribution in [-0.2, 0) is 0 Å². The van der Waals surface area contributed by atoms with E-state index in [9.17, 15) is 10.1 Å². The molecule has 0 atom stereocenters. The molecule has 0 aromatic heterocycles. The molecular formula is C24H26N2O4. The van der Waals surface area contributed by atoms with E-state index in [0.29, 0.717) is 13.1 Å². The van der Waals surface area contributed by atoms with Crippen molar-refractivity contribution in [2.45, 2.75) is 0 Å². The summed E-state index contributed by atoms with van der Waals surface area (Å²) in [6, 6.07) is 14.3. The lowest BCUT2D eigenvalue weighted by Gasteiger charge is -2.22. The number of aliphatic hydroxyl groups excluding tert-OH is 2. The van der Waals surface area contributed by atoms with E-state index in [1.165, 1.54) is 12.1 Å². The highest BCUT2D eigenvalue weighted by Crippen LogP contribution is 2.16. The molecule has 2 N–H and O–H groups in total. The zero-order chi connectivity index (χ0) is 21.6. The number of benzene rings is 2. The Balaban J connectivity index is 1.82. The van der Waals surface area contributed by atoms with Crippen LogP contribution in [0.2, 0.25) is 0 Å². The second-order valence-electron chi connectivity index (χ2n) is 6.36. The number of nitrogens with zero attached hydrogens (tertiary/aromatic N) is 2. The van der Waals surface area contributed by atoms with E-state index < -0.39 is 4.92 Å². The van der Waals surface area contributed by atoms with Gasteiger partial charge in [-0.05, 0) is 35.4 Å². The van der Waals surface area contributed by atoms with Gasteiger partial charge in [-0.15, -0.1) is 0 Å².